The van der Waals surface area contributed by atoms with Gasteiger partial charge in [-0.25, -0.2) is 14.4 Å². The number of hydrogen-bond acceptors (Lipinski definition) is 6. The number of pyridine rings is 1. The molecule has 0 spiro atoms. The van der Waals surface area contributed by atoms with E-state index in [1.807, 2.05) is 0 Å². The molecule has 3 rings (SSSR count). The molecule has 7 nitrogen and oxygen atoms in total. The third-order valence-corrected chi connectivity index (χ3v) is 5.01. The van der Waals surface area contributed by atoms with Crippen molar-refractivity contribution >= 4 is 34.7 Å². The molecule has 0 aliphatic carbocycles. The zero-order valence-corrected chi connectivity index (χ0v) is 17.2. The molecule has 0 aliphatic rings. The van der Waals surface area contributed by atoms with Crippen molar-refractivity contribution in [2.45, 2.75) is 27.1 Å². The molecule has 0 atom stereocenters. The Kier molecular flexibility index (Phi) is 6.98. The van der Waals surface area contributed by atoms with Crippen molar-refractivity contribution in [1.82, 2.24) is 9.97 Å². The summed E-state index contributed by atoms with van der Waals surface area (Å²) in [5, 5.41) is 5.80. The van der Waals surface area contributed by atoms with E-state index in [1.54, 1.807) is 13.8 Å². The topological polar surface area (TPSA) is 93.2 Å². The molecule has 2 amide bonds. The molecule has 0 aliphatic heterocycles. The van der Waals surface area contributed by atoms with Gasteiger partial charge in [0.1, 0.15) is 16.5 Å². The van der Waals surface area contributed by atoms with Gasteiger partial charge in [-0.05, 0) is 43.2 Å². The molecule has 0 saturated carbocycles. The number of halogens is 3. The van der Waals surface area contributed by atoms with Crippen LogP contribution in [0.4, 0.5) is 24.7 Å². The maximum Gasteiger partial charge on any atom is 0.345 e. The number of hydrogen-bond donors (Lipinski definition) is 2. The number of amides is 2. The second kappa shape index (κ2) is 9.67. The van der Waals surface area contributed by atoms with Crippen molar-refractivity contribution in [3.05, 3.63) is 69.1 Å². The second-order valence-corrected chi connectivity index (χ2v) is 7.66. The SMILES string of the molecule is Cc1ncc(C(=O)Nc2cc(C(=O)Nc3ccc(COC(F)F)cn3)c(F)cc2C)s1. The van der Waals surface area contributed by atoms with Gasteiger partial charge in [-0.2, -0.15) is 8.78 Å². The Morgan fingerprint density at radius 1 is 1.10 bits per heavy atom. The molecule has 162 valence electrons. The van der Waals surface area contributed by atoms with E-state index in [4.69, 9.17) is 0 Å². The summed E-state index contributed by atoms with van der Waals surface area (Å²) >= 11 is 1.21. The number of anilines is 2. The maximum absolute atomic E-state index is 14.4. The van der Waals surface area contributed by atoms with Gasteiger partial charge < -0.3 is 15.4 Å². The average Bonchev–Trinajstić information content (AvgIpc) is 3.15. The Bertz CT molecular complexity index is 1100. The lowest BCUT2D eigenvalue weighted by Gasteiger charge is -2.12. The van der Waals surface area contributed by atoms with E-state index in [9.17, 15) is 22.8 Å². The fourth-order valence-electron chi connectivity index (χ4n) is 2.56. The molecule has 0 saturated heterocycles. The number of nitrogens with zero attached hydrogens (tertiary/aromatic N) is 2. The lowest BCUT2D eigenvalue weighted by atomic mass is 10.1. The number of thiazole rings is 1. The van der Waals surface area contributed by atoms with Gasteiger partial charge in [-0.3, -0.25) is 9.59 Å². The largest absolute Gasteiger partial charge is 0.345 e. The summed E-state index contributed by atoms with van der Waals surface area (Å²) in [5.74, 6) is -1.89. The van der Waals surface area contributed by atoms with Crippen LogP contribution in [0.15, 0.2) is 36.7 Å². The molecule has 0 bridgehead atoms. The minimum atomic E-state index is -2.90. The molecule has 0 fully saturated rings. The molecule has 2 aromatic heterocycles. The molecule has 3 aromatic rings. The van der Waals surface area contributed by atoms with Crippen LogP contribution in [0.5, 0.6) is 0 Å². The normalized spacial score (nSPS) is 10.9. The van der Waals surface area contributed by atoms with E-state index in [0.717, 1.165) is 11.1 Å². The van der Waals surface area contributed by atoms with Crippen molar-refractivity contribution in [3.8, 4) is 0 Å². The van der Waals surface area contributed by atoms with E-state index < -0.39 is 24.2 Å². The van der Waals surface area contributed by atoms with Gasteiger partial charge in [0.05, 0.1) is 23.4 Å². The van der Waals surface area contributed by atoms with E-state index in [2.05, 4.69) is 25.3 Å². The van der Waals surface area contributed by atoms with Crippen LogP contribution in [-0.4, -0.2) is 28.4 Å². The minimum absolute atomic E-state index is 0.0940. The van der Waals surface area contributed by atoms with E-state index >= 15 is 0 Å². The summed E-state index contributed by atoms with van der Waals surface area (Å²) in [6.45, 7) is 0.117. The number of carbonyl (C=O) groups is 2. The Labute approximate surface area is 179 Å². The quantitative estimate of drug-likeness (QED) is 0.551. The van der Waals surface area contributed by atoms with Gasteiger partial charge in [0.2, 0.25) is 0 Å². The Hall–Kier alpha value is -3.31. The number of carbonyl (C=O) groups excluding carboxylic acids is 2. The van der Waals surface area contributed by atoms with Gasteiger partial charge >= 0.3 is 6.61 Å². The maximum atomic E-state index is 14.4. The standard InChI is InChI=1S/C20H17F3N4O3S/c1-10-5-14(21)13(6-15(10)26-19(29)16-8-24-11(2)31-16)18(28)27-17-4-3-12(7-25-17)9-30-20(22)23/h3-8,20H,9H2,1-2H3,(H,26,29)(H,25,27,28). The van der Waals surface area contributed by atoms with Gasteiger partial charge in [0, 0.05) is 11.9 Å². The van der Waals surface area contributed by atoms with Crippen LogP contribution in [0.25, 0.3) is 0 Å². The highest BCUT2D eigenvalue weighted by Crippen LogP contribution is 2.23. The first-order chi connectivity index (χ1) is 14.7. The van der Waals surface area contributed by atoms with Crippen LogP contribution >= 0.6 is 11.3 Å². The first kappa shape index (κ1) is 22.4. The summed E-state index contributed by atoms with van der Waals surface area (Å²) in [5.41, 5.74) is 0.789. The number of aromatic nitrogens is 2. The summed E-state index contributed by atoms with van der Waals surface area (Å²) in [4.78, 5) is 33.2. The summed E-state index contributed by atoms with van der Waals surface area (Å²) in [7, 11) is 0. The molecular weight excluding hydrogens is 433 g/mol. The Morgan fingerprint density at radius 2 is 1.87 bits per heavy atom. The Morgan fingerprint density at radius 3 is 2.48 bits per heavy atom. The van der Waals surface area contributed by atoms with E-state index in [1.165, 1.54) is 41.9 Å². The number of rotatable bonds is 7. The van der Waals surface area contributed by atoms with Gasteiger partial charge in [0.25, 0.3) is 11.8 Å². The van der Waals surface area contributed by atoms with Crippen LogP contribution in [0.3, 0.4) is 0 Å². The van der Waals surface area contributed by atoms with Crippen molar-refractivity contribution in [2.75, 3.05) is 10.6 Å². The third-order valence-electron chi connectivity index (χ3n) is 4.09. The number of alkyl halides is 2. The van der Waals surface area contributed by atoms with Crippen molar-refractivity contribution in [1.29, 1.82) is 0 Å². The van der Waals surface area contributed by atoms with Crippen LogP contribution in [0, 0.1) is 19.7 Å². The number of aryl methyl sites for hydroxylation is 2. The van der Waals surface area contributed by atoms with Crippen LogP contribution in [-0.2, 0) is 11.3 Å². The average molecular weight is 450 g/mol. The second-order valence-electron chi connectivity index (χ2n) is 6.42. The van der Waals surface area contributed by atoms with E-state index in [0.29, 0.717) is 16.0 Å². The van der Waals surface area contributed by atoms with Crippen molar-refractivity contribution in [2.24, 2.45) is 0 Å². The molecule has 2 N–H and O–H groups in total. The minimum Gasteiger partial charge on any atom is -0.321 e. The lowest BCUT2D eigenvalue weighted by molar-refractivity contribution is -0.137. The molecule has 11 heteroatoms. The third kappa shape index (κ3) is 5.86. The molecule has 0 radical (unpaired) electrons. The predicted octanol–water partition coefficient (Wildman–Crippen LogP) is 4.54. The van der Waals surface area contributed by atoms with Crippen molar-refractivity contribution in [3.63, 3.8) is 0 Å². The fourth-order valence-corrected chi connectivity index (χ4v) is 3.23. The number of benzene rings is 1. The molecule has 0 unspecified atom stereocenters. The number of nitrogens with one attached hydrogen (secondary N) is 2. The molecule has 31 heavy (non-hydrogen) atoms. The predicted molar refractivity (Wildman–Crippen MR) is 109 cm³/mol. The van der Waals surface area contributed by atoms with Crippen LogP contribution in [0.2, 0.25) is 0 Å². The fraction of sp³-hybridized carbons (Fsp3) is 0.200. The highest BCUT2D eigenvalue weighted by atomic mass is 32.1. The summed E-state index contributed by atoms with van der Waals surface area (Å²) < 4.78 is 42.7. The highest BCUT2D eigenvalue weighted by molar-refractivity contribution is 7.13. The Balaban J connectivity index is 1.73. The summed E-state index contributed by atoms with van der Waals surface area (Å²) in [6.07, 6.45) is 2.69. The van der Waals surface area contributed by atoms with Gasteiger partial charge in [-0.15, -0.1) is 11.3 Å². The summed E-state index contributed by atoms with van der Waals surface area (Å²) in [6, 6.07) is 5.19. The molecular formula is C20H17F3N4O3S. The first-order valence-corrected chi connectivity index (χ1v) is 9.74. The first-order valence-electron chi connectivity index (χ1n) is 8.93. The van der Waals surface area contributed by atoms with Crippen LogP contribution < -0.4 is 10.6 Å². The molecule has 1 aromatic carbocycles. The van der Waals surface area contributed by atoms with Gasteiger partial charge in [0.15, 0.2) is 0 Å². The zero-order valence-electron chi connectivity index (χ0n) is 16.4. The van der Waals surface area contributed by atoms with Crippen molar-refractivity contribution < 1.29 is 27.5 Å². The monoisotopic (exact) mass is 450 g/mol. The smallest absolute Gasteiger partial charge is 0.321 e. The lowest BCUT2D eigenvalue weighted by Crippen LogP contribution is -2.17. The van der Waals surface area contributed by atoms with E-state index in [-0.39, 0.29) is 23.7 Å². The molecule has 2 heterocycles. The highest BCUT2D eigenvalue weighted by Gasteiger charge is 2.18. The van der Waals surface area contributed by atoms with Crippen LogP contribution in [0.1, 0.15) is 36.2 Å². The number of ether oxygens (including phenoxy) is 1. The van der Waals surface area contributed by atoms with Gasteiger partial charge in [-0.1, -0.05) is 6.07 Å². The zero-order chi connectivity index (χ0) is 22.5.